The van der Waals surface area contributed by atoms with E-state index in [9.17, 15) is 4.79 Å². The molecular formula is C19H21NO4. The number of anilines is 1. The van der Waals surface area contributed by atoms with E-state index in [0.717, 1.165) is 30.8 Å². The average Bonchev–Trinajstić information content (AvgIpc) is 2.61. The number of hydrogen-bond donors (Lipinski definition) is 1. The zero-order chi connectivity index (χ0) is 16.9. The molecule has 1 N–H and O–H groups in total. The Kier molecular flexibility index (Phi) is 4.89. The van der Waals surface area contributed by atoms with Crippen LogP contribution in [0.5, 0.6) is 17.2 Å². The first kappa shape index (κ1) is 16.2. The summed E-state index contributed by atoms with van der Waals surface area (Å²) in [6.45, 7) is 0.770. The second-order valence-electron chi connectivity index (χ2n) is 5.69. The summed E-state index contributed by atoms with van der Waals surface area (Å²) in [5, 5.41) is 2.89. The first-order valence-electron chi connectivity index (χ1n) is 7.96. The van der Waals surface area contributed by atoms with E-state index in [1.54, 1.807) is 32.4 Å². The van der Waals surface area contributed by atoms with Crippen LogP contribution in [0.25, 0.3) is 0 Å². The molecule has 3 rings (SSSR count). The molecule has 0 saturated heterocycles. The highest BCUT2D eigenvalue weighted by Crippen LogP contribution is 2.30. The number of carbonyl (C=O) groups excluding carboxylic acids is 1. The number of hydrogen-bond acceptors (Lipinski definition) is 4. The summed E-state index contributed by atoms with van der Waals surface area (Å²) in [5.74, 6) is 2.08. The van der Waals surface area contributed by atoms with Gasteiger partial charge in [-0.25, -0.2) is 0 Å². The van der Waals surface area contributed by atoms with E-state index in [1.165, 1.54) is 5.56 Å². The van der Waals surface area contributed by atoms with Gasteiger partial charge in [0, 0.05) is 11.8 Å². The zero-order valence-electron chi connectivity index (χ0n) is 13.9. The molecule has 0 atom stereocenters. The Hall–Kier alpha value is -2.69. The van der Waals surface area contributed by atoms with Crippen molar-refractivity contribution in [3.8, 4) is 17.2 Å². The third-order valence-corrected chi connectivity index (χ3v) is 4.00. The third kappa shape index (κ3) is 3.62. The van der Waals surface area contributed by atoms with Gasteiger partial charge in [0.2, 0.25) is 5.91 Å². The average molecular weight is 327 g/mol. The van der Waals surface area contributed by atoms with E-state index in [-0.39, 0.29) is 5.91 Å². The van der Waals surface area contributed by atoms with Gasteiger partial charge >= 0.3 is 0 Å². The van der Waals surface area contributed by atoms with E-state index in [1.807, 2.05) is 12.1 Å². The molecule has 0 radical (unpaired) electrons. The quantitative estimate of drug-likeness (QED) is 0.916. The van der Waals surface area contributed by atoms with Crippen LogP contribution in [0.1, 0.15) is 17.5 Å². The molecule has 5 heteroatoms. The summed E-state index contributed by atoms with van der Waals surface area (Å²) in [6.07, 6.45) is 2.34. The summed E-state index contributed by atoms with van der Waals surface area (Å²) in [6, 6.07) is 11.3. The fraction of sp³-hybridized carbons (Fsp3) is 0.316. The standard InChI is InChI=1S/C19H21NO4/c1-22-17-8-6-15(12-18(17)23-2)20-19(21)11-13-5-7-16-14(10-13)4-3-9-24-16/h5-8,10,12H,3-4,9,11H2,1-2H3,(H,20,21). The molecule has 0 aromatic heterocycles. The van der Waals surface area contributed by atoms with Gasteiger partial charge in [-0.15, -0.1) is 0 Å². The van der Waals surface area contributed by atoms with Crippen molar-refractivity contribution in [1.82, 2.24) is 0 Å². The number of ether oxygens (including phenoxy) is 3. The van der Waals surface area contributed by atoms with Gasteiger partial charge in [-0.3, -0.25) is 4.79 Å². The molecule has 1 heterocycles. The Balaban J connectivity index is 1.67. The molecular weight excluding hydrogens is 306 g/mol. The minimum absolute atomic E-state index is 0.0705. The first-order chi connectivity index (χ1) is 11.7. The third-order valence-electron chi connectivity index (χ3n) is 4.00. The largest absolute Gasteiger partial charge is 0.493 e. The van der Waals surface area contributed by atoms with Gasteiger partial charge in [0.05, 0.1) is 27.2 Å². The number of fused-ring (bicyclic) bond motifs is 1. The van der Waals surface area contributed by atoms with Crippen molar-refractivity contribution in [1.29, 1.82) is 0 Å². The number of aryl methyl sites for hydroxylation is 1. The Labute approximate surface area is 141 Å². The Morgan fingerprint density at radius 3 is 2.75 bits per heavy atom. The van der Waals surface area contributed by atoms with Crippen LogP contribution in [-0.2, 0) is 17.6 Å². The normalized spacial score (nSPS) is 12.8. The summed E-state index contributed by atoms with van der Waals surface area (Å²) >= 11 is 0. The van der Waals surface area contributed by atoms with Crippen molar-refractivity contribution in [2.45, 2.75) is 19.3 Å². The molecule has 0 bridgehead atoms. The number of benzene rings is 2. The minimum atomic E-state index is -0.0705. The van der Waals surface area contributed by atoms with Gasteiger partial charge in [0.1, 0.15) is 5.75 Å². The summed E-state index contributed by atoms with van der Waals surface area (Å²) in [5.41, 5.74) is 2.84. The molecule has 2 aromatic rings. The SMILES string of the molecule is COc1ccc(NC(=O)Cc2ccc3c(c2)CCCO3)cc1OC. The predicted octanol–water partition coefficient (Wildman–Crippen LogP) is 3.21. The maximum absolute atomic E-state index is 12.3. The van der Waals surface area contributed by atoms with Crippen LogP contribution in [0, 0.1) is 0 Å². The van der Waals surface area contributed by atoms with Crippen molar-refractivity contribution in [2.24, 2.45) is 0 Å². The Bertz CT molecular complexity index is 699. The number of nitrogens with one attached hydrogen (secondary N) is 1. The fourth-order valence-electron chi connectivity index (χ4n) is 2.83. The summed E-state index contributed by atoms with van der Waals surface area (Å²) < 4.78 is 16.0. The lowest BCUT2D eigenvalue weighted by molar-refractivity contribution is -0.115. The van der Waals surface area contributed by atoms with E-state index < -0.39 is 0 Å². The predicted molar refractivity (Wildman–Crippen MR) is 92.1 cm³/mol. The monoisotopic (exact) mass is 327 g/mol. The first-order valence-corrected chi connectivity index (χ1v) is 7.96. The molecule has 126 valence electrons. The van der Waals surface area contributed by atoms with Crippen molar-refractivity contribution in [3.05, 3.63) is 47.5 Å². The second kappa shape index (κ2) is 7.25. The fourth-order valence-corrected chi connectivity index (χ4v) is 2.83. The number of methoxy groups -OCH3 is 2. The number of amides is 1. The molecule has 0 saturated carbocycles. The van der Waals surface area contributed by atoms with Crippen molar-refractivity contribution < 1.29 is 19.0 Å². The van der Waals surface area contributed by atoms with Crippen LogP contribution in [0.2, 0.25) is 0 Å². The van der Waals surface area contributed by atoms with Gasteiger partial charge in [-0.1, -0.05) is 12.1 Å². The number of rotatable bonds is 5. The van der Waals surface area contributed by atoms with Crippen molar-refractivity contribution >= 4 is 11.6 Å². The van der Waals surface area contributed by atoms with Gasteiger partial charge in [0.25, 0.3) is 0 Å². The van der Waals surface area contributed by atoms with Gasteiger partial charge in [0.15, 0.2) is 11.5 Å². The van der Waals surface area contributed by atoms with Gasteiger partial charge < -0.3 is 19.5 Å². The molecule has 1 aliphatic heterocycles. The van der Waals surface area contributed by atoms with Crippen LogP contribution in [0.15, 0.2) is 36.4 Å². The Morgan fingerprint density at radius 2 is 1.96 bits per heavy atom. The smallest absolute Gasteiger partial charge is 0.228 e. The molecule has 1 amide bonds. The molecule has 1 aliphatic rings. The Morgan fingerprint density at radius 1 is 1.12 bits per heavy atom. The lowest BCUT2D eigenvalue weighted by Gasteiger charge is -2.17. The lowest BCUT2D eigenvalue weighted by Crippen LogP contribution is -2.15. The van der Waals surface area contributed by atoms with E-state index in [0.29, 0.717) is 23.6 Å². The molecule has 24 heavy (non-hydrogen) atoms. The highest BCUT2D eigenvalue weighted by molar-refractivity contribution is 5.92. The second-order valence-corrected chi connectivity index (χ2v) is 5.69. The maximum atomic E-state index is 12.3. The van der Waals surface area contributed by atoms with E-state index in [4.69, 9.17) is 14.2 Å². The van der Waals surface area contributed by atoms with Crippen molar-refractivity contribution in [2.75, 3.05) is 26.1 Å². The van der Waals surface area contributed by atoms with E-state index in [2.05, 4.69) is 11.4 Å². The molecule has 0 unspecified atom stereocenters. The van der Waals surface area contributed by atoms with Crippen LogP contribution < -0.4 is 19.5 Å². The minimum Gasteiger partial charge on any atom is -0.493 e. The van der Waals surface area contributed by atoms with Crippen LogP contribution in [0.3, 0.4) is 0 Å². The van der Waals surface area contributed by atoms with Crippen molar-refractivity contribution in [3.63, 3.8) is 0 Å². The highest BCUT2D eigenvalue weighted by Gasteiger charge is 2.13. The summed E-state index contributed by atoms with van der Waals surface area (Å²) in [7, 11) is 3.15. The summed E-state index contributed by atoms with van der Waals surface area (Å²) in [4.78, 5) is 12.3. The molecule has 0 aliphatic carbocycles. The molecule has 0 spiro atoms. The highest BCUT2D eigenvalue weighted by atomic mass is 16.5. The maximum Gasteiger partial charge on any atom is 0.228 e. The lowest BCUT2D eigenvalue weighted by atomic mass is 10.0. The molecule has 2 aromatic carbocycles. The van der Waals surface area contributed by atoms with Crippen LogP contribution >= 0.6 is 0 Å². The van der Waals surface area contributed by atoms with Crippen LogP contribution in [0.4, 0.5) is 5.69 Å². The van der Waals surface area contributed by atoms with Gasteiger partial charge in [-0.05, 0) is 42.2 Å². The molecule has 5 nitrogen and oxygen atoms in total. The van der Waals surface area contributed by atoms with Crippen LogP contribution in [-0.4, -0.2) is 26.7 Å². The topological polar surface area (TPSA) is 56.8 Å². The zero-order valence-corrected chi connectivity index (χ0v) is 13.9. The van der Waals surface area contributed by atoms with Gasteiger partial charge in [-0.2, -0.15) is 0 Å². The molecule has 0 fully saturated rings. The van der Waals surface area contributed by atoms with E-state index >= 15 is 0 Å². The number of carbonyl (C=O) groups is 1.